The van der Waals surface area contributed by atoms with Crippen molar-refractivity contribution < 1.29 is 0 Å². The number of aromatic nitrogens is 3. The Kier molecular flexibility index (Phi) is 3.29. The van der Waals surface area contributed by atoms with Crippen molar-refractivity contribution in [3.05, 3.63) is 66.2 Å². The Hall–Kier alpha value is -2.49. The summed E-state index contributed by atoms with van der Waals surface area (Å²) in [5.74, 6) is 0.936. The van der Waals surface area contributed by atoms with Crippen LogP contribution in [0.5, 0.6) is 0 Å². The fraction of sp³-hybridized carbons (Fsp3) is 0.188. The second-order valence-corrected chi connectivity index (χ2v) is 4.98. The second kappa shape index (κ2) is 5.25. The number of aromatic amines is 1. The monoisotopic (exact) mass is 266 g/mol. The molecule has 0 aliphatic carbocycles. The molecule has 0 aliphatic heterocycles. The van der Waals surface area contributed by atoms with Gasteiger partial charge in [-0.15, -0.1) is 0 Å². The molecule has 2 aromatic heterocycles. The highest BCUT2D eigenvalue weighted by atomic mass is 15.3. The Balaban J connectivity index is 1.97. The van der Waals surface area contributed by atoms with Crippen molar-refractivity contribution in [2.75, 3.05) is 4.90 Å². The molecule has 2 heterocycles. The van der Waals surface area contributed by atoms with Gasteiger partial charge in [-0.25, -0.2) is 4.98 Å². The van der Waals surface area contributed by atoms with Crippen molar-refractivity contribution in [1.29, 1.82) is 0 Å². The number of aryl methyl sites for hydroxylation is 2. The van der Waals surface area contributed by atoms with E-state index in [1.54, 1.807) is 0 Å². The van der Waals surface area contributed by atoms with Gasteiger partial charge in [-0.3, -0.25) is 0 Å². The van der Waals surface area contributed by atoms with Gasteiger partial charge in [-0.2, -0.15) is 0 Å². The molecular formula is C16H18N4. The summed E-state index contributed by atoms with van der Waals surface area (Å²) in [4.78, 5) is 9.78. The summed E-state index contributed by atoms with van der Waals surface area (Å²) in [6, 6.07) is 10.6. The molecule has 1 N–H and O–H groups in total. The molecule has 3 rings (SSSR count). The third-order valence-corrected chi connectivity index (χ3v) is 3.35. The molecule has 102 valence electrons. The summed E-state index contributed by atoms with van der Waals surface area (Å²) in [6.07, 6.45) is 7.71. The van der Waals surface area contributed by atoms with Crippen LogP contribution in [0.2, 0.25) is 0 Å². The first-order chi connectivity index (χ1) is 9.74. The first-order valence-corrected chi connectivity index (χ1v) is 6.67. The minimum absolute atomic E-state index is 0.796. The van der Waals surface area contributed by atoms with E-state index in [0.717, 1.165) is 18.2 Å². The van der Waals surface area contributed by atoms with Crippen molar-refractivity contribution in [2.45, 2.75) is 13.5 Å². The average Bonchev–Trinajstić information content (AvgIpc) is 3.07. The van der Waals surface area contributed by atoms with Crippen LogP contribution in [0.4, 0.5) is 11.6 Å². The Morgan fingerprint density at radius 3 is 2.85 bits per heavy atom. The van der Waals surface area contributed by atoms with E-state index in [1.807, 2.05) is 36.4 Å². The number of anilines is 2. The quantitative estimate of drug-likeness (QED) is 0.785. The first kappa shape index (κ1) is 12.5. The predicted molar refractivity (Wildman–Crippen MR) is 81.0 cm³/mol. The number of rotatable bonds is 4. The van der Waals surface area contributed by atoms with Gasteiger partial charge in [-0.05, 0) is 18.6 Å². The minimum atomic E-state index is 0.796. The lowest BCUT2D eigenvalue weighted by atomic mass is 10.1. The zero-order chi connectivity index (χ0) is 13.9. The minimum Gasteiger partial charge on any atom is -0.366 e. The van der Waals surface area contributed by atoms with Crippen LogP contribution in [0.15, 0.2) is 55.1 Å². The summed E-state index contributed by atoms with van der Waals surface area (Å²) in [5, 5.41) is 0. The molecule has 20 heavy (non-hydrogen) atoms. The Morgan fingerprint density at radius 2 is 2.20 bits per heavy atom. The van der Waals surface area contributed by atoms with Crippen molar-refractivity contribution in [3.8, 4) is 0 Å². The number of benzene rings is 1. The average molecular weight is 266 g/mol. The summed E-state index contributed by atoms with van der Waals surface area (Å²) in [5.41, 5.74) is 3.66. The largest absolute Gasteiger partial charge is 0.366 e. The van der Waals surface area contributed by atoms with Crippen molar-refractivity contribution in [3.63, 3.8) is 0 Å². The summed E-state index contributed by atoms with van der Waals surface area (Å²) < 4.78 is 2.03. The summed E-state index contributed by atoms with van der Waals surface area (Å²) >= 11 is 0. The van der Waals surface area contributed by atoms with E-state index < -0.39 is 0 Å². The number of H-pyrrole nitrogens is 1. The lowest BCUT2D eigenvalue weighted by Gasteiger charge is -2.22. The van der Waals surface area contributed by atoms with Gasteiger partial charge in [0.15, 0.2) is 0 Å². The van der Waals surface area contributed by atoms with Crippen LogP contribution >= 0.6 is 0 Å². The standard InChI is InChI=1S/C16H18N4/c1-13-4-3-5-14(10-13)12-20(15-6-7-17-11-15)16-18-8-9-19(16)2/h3-11,17H,12H2,1-2H3. The molecule has 0 unspecified atom stereocenters. The van der Waals surface area contributed by atoms with E-state index in [4.69, 9.17) is 0 Å². The molecule has 3 aromatic rings. The van der Waals surface area contributed by atoms with Crippen LogP contribution in [0.3, 0.4) is 0 Å². The maximum Gasteiger partial charge on any atom is 0.210 e. The molecule has 4 heteroatoms. The molecule has 0 saturated heterocycles. The molecule has 0 spiro atoms. The highest BCUT2D eigenvalue weighted by Crippen LogP contribution is 2.25. The highest BCUT2D eigenvalue weighted by molar-refractivity contribution is 5.57. The van der Waals surface area contributed by atoms with Gasteiger partial charge in [0.1, 0.15) is 0 Å². The SMILES string of the molecule is Cc1cccc(CN(c2cc[nH]c2)c2nccn2C)c1. The van der Waals surface area contributed by atoms with Crippen molar-refractivity contribution in [2.24, 2.45) is 7.05 Å². The van der Waals surface area contributed by atoms with Gasteiger partial charge in [-0.1, -0.05) is 29.8 Å². The molecule has 4 nitrogen and oxygen atoms in total. The van der Waals surface area contributed by atoms with Gasteiger partial charge in [0.25, 0.3) is 0 Å². The van der Waals surface area contributed by atoms with E-state index in [0.29, 0.717) is 0 Å². The molecule has 0 bridgehead atoms. The molecule has 0 radical (unpaired) electrons. The third-order valence-electron chi connectivity index (χ3n) is 3.35. The van der Waals surface area contributed by atoms with Crippen LogP contribution in [-0.2, 0) is 13.6 Å². The van der Waals surface area contributed by atoms with Crippen LogP contribution in [0, 0.1) is 6.92 Å². The van der Waals surface area contributed by atoms with Gasteiger partial charge < -0.3 is 14.5 Å². The van der Waals surface area contributed by atoms with E-state index >= 15 is 0 Å². The Morgan fingerprint density at radius 1 is 1.30 bits per heavy atom. The molecule has 0 saturated carbocycles. The van der Waals surface area contributed by atoms with Gasteiger partial charge in [0.2, 0.25) is 5.95 Å². The number of hydrogen-bond acceptors (Lipinski definition) is 2. The fourth-order valence-electron chi connectivity index (χ4n) is 2.37. The second-order valence-electron chi connectivity index (χ2n) is 4.98. The smallest absolute Gasteiger partial charge is 0.210 e. The molecule has 0 aliphatic rings. The van der Waals surface area contributed by atoms with E-state index in [9.17, 15) is 0 Å². The van der Waals surface area contributed by atoms with Crippen molar-refractivity contribution >= 4 is 11.6 Å². The number of imidazole rings is 1. The van der Waals surface area contributed by atoms with Crippen LogP contribution in [0.25, 0.3) is 0 Å². The topological polar surface area (TPSA) is 36.9 Å². The van der Waals surface area contributed by atoms with Crippen LogP contribution < -0.4 is 4.90 Å². The molecular weight excluding hydrogens is 248 g/mol. The Bertz CT molecular complexity index is 682. The summed E-state index contributed by atoms with van der Waals surface area (Å²) in [6.45, 7) is 2.91. The van der Waals surface area contributed by atoms with E-state index in [-0.39, 0.29) is 0 Å². The zero-order valence-electron chi connectivity index (χ0n) is 11.7. The van der Waals surface area contributed by atoms with Crippen LogP contribution in [0.1, 0.15) is 11.1 Å². The number of hydrogen-bond donors (Lipinski definition) is 1. The zero-order valence-corrected chi connectivity index (χ0v) is 11.7. The number of nitrogens with one attached hydrogen (secondary N) is 1. The molecule has 0 fully saturated rings. The lowest BCUT2D eigenvalue weighted by Crippen LogP contribution is -2.19. The Labute approximate surface area is 118 Å². The van der Waals surface area contributed by atoms with Gasteiger partial charge in [0.05, 0.1) is 12.2 Å². The van der Waals surface area contributed by atoms with Gasteiger partial charge >= 0.3 is 0 Å². The summed E-state index contributed by atoms with van der Waals surface area (Å²) in [7, 11) is 2.01. The van der Waals surface area contributed by atoms with Crippen molar-refractivity contribution in [1.82, 2.24) is 14.5 Å². The fourth-order valence-corrected chi connectivity index (χ4v) is 2.37. The predicted octanol–water partition coefficient (Wildman–Crippen LogP) is 3.39. The van der Waals surface area contributed by atoms with E-state index in [1.165, 1.54) is 11.1 Å². The molecule has 1 aromatic carbocycles. The first-order valence-electron chi connectivity index (χ1n) is 6.67. The van der Waals surface area contributed by atoms with Gasteiger partial charge in [0, 0.05) is 31.8 Å². The molecule has 0 atom stereocenters. The van der Waals surface area contributed by atoms with Crippen LogP contribution in [-0.4, -0.2) is 14.5 Å². The lowest BCUT2D eigenvalue weighted by molar-refractivity contribution is 0.834. The van der Waals surface area contributed by atoms with E-state index in [2.05, 4.69) is 52.1 Å². The highest BCUT2D eigenvalue weighted by Gasteiger charge is 2.14. The maximum atomic E-state index is 4.47. The molecule has 0 amide bonds. The maximum absolute atomic E-state index is 4.47. The normalized spacial score (nSPS) is 10.7. The number of nitrogens with zero attached hydrogens (tertiary/aromatic N) is 3. The third kappa shape index (κ3) is 2.45.